The van der Waals surface area contributed by atoms with E-state index in [-0.39, 0.29) is 0 Å². The Balaban J connectivity index is 0. The molecule has 0 aliphatic rings. The number of rotatable bonds is 3. The van der Waals surface area contributed by atoms with Crippen molar-refractivity contribution in [1.29, 1.82) is 0 Å². The van der Waals surface area contributed by atoms with Crippen molar-refractivity contribution in [3.05, 3.63) is 34.9 Å². The predicted octanol–water partition coefficient (Wildman–Crippen LogP) is 5.59. The lowest BCUT2D eigenvalue weighted by molar-refractivity contribution is 0.400. The zero-order valence-corrected chi connectivity index (χ0v) is 14.5. The summed E-state index contributed by atoms with van der Waals surface area (Å²) in [5.41, 5.74) is 4.25. The van der Waals surface area contributed by atoms with Gasteiger partial charge in [-0.05, 0) is 44.6 Å². The summed E-state index contributed by atoms with van der Waals surface area (Å²) in [5, 5.41) is 0. The molecule has 0 aliphatic carbocycles. The maximum absolute atomic E-state index is 2.20. The molecule has 0 aromatic heterocycles. The summed E-state index contributed by atoms with van der Waals surface area (Å²) in [6, 6.07) is 6.46. The predicted molar refractivity (Wildman–Crippen MR) is 89.9 cm³/mol. The van der Waals surface area contributed by atoms with Gasteiger partial charge in [0.15, 0.2) is 0 Å². The van der Waals surface area contributed by atoms with Gasteiger partial charge in [-0.25, -0.2) is 0 Å². The first-order chi connectivity index (χ1) is 8.94. The molecule has 0 saturated heterocycles. The molecule has 0 fully saturated rings. The smallest absolute Gasteiger partial charge is 0.0232 e. The molecule has 19 heavy (non-hydrogen) atoms. The zero-order chi connectivity index (χ0) is 15.3. The molecule has 0 N–H and O–H groups in total. The minimum Gasteiger partial charge on any atom is -0.305 e. The maximum atomic E-state index is 2.20. The molecule has 0 saturated carbocycles. The molecule has 0 heterocycles. The SMILES string of the molecule is CCC.CCCC.Cc1cccc(C)c1CN(C)C. The van der Waals surface area contributed by atoms with Crippen LogP contribution in [0.4, 0.5) is 0 Å². The van der Waals surface area contributed by atoms with Crippen molar-refractivity contribution in [1.82, 2.24) is 4.90 Å². The molecular formula is C18H35N. The molecule has 1 rings (SSSR count). The average Bonchev–Trinajstić information content (AvgIpc) is 2.35. The Morgan fingerprint density at radius 1 is 0.842 bits per heavy atom. The minimum absolute atomic E-state index is 1.04. The highest BCUT2D eigenvalue weighted by molar-refractivity contribution is 5.33. The molecule has 0 amide bonds. The fourth-order valence-corrected chi connectivity index (χ4v) is 1.41. The van der Waals surface area contributed by atoms with Gasteiger partial charge in [0.25, 0.3) is 0 Å². The van der Waals surface area contributed by atoms with E-state index in [2.05, 4.69) is 78.7 Å². The third kappa shape index (κ3) is 12.0. The van der Waals surface area contributed by atoms with Crippen molar-refractivity contribution in [3.8, 4) is 0 Å². The fourth-order valence-electron chi connectivity index (χ4n) is 1.41. The number of hydrogen-bond acceptors (Lipinski definition) is 1. The van der Waals surface area contributed by atoms with Crippen LogP contribution in [0.1, 0.15) is 63.6 Å². The van der Waals surface area contributed by atoms with Gasteiger partial charge in [0.05, 0.1) is 0 Å². The van der Waals surface area contributed by atoms with Crippen molar-refractivity contribution in [2.45, 2.75) is 67.3 Å². The first-order valence-electron chi connectivity index (χ1n) is 7.64. The van der Waals surface area contributed by atoms with Gasteiger partial charge in [-0.3, -0.25) is 0 Å². The second kappa shape index (κ2) is 13.6. The van der Waals surface area contributed by atoms with Crippen molar-refractivity contribution < 1.29 is 0 Å². The third-order valence-electron chi connectivity index (χ3n) is 2.62. The highest BCUT2D eigenvalue weighted by Gasteiger charge is 2.01. The van der Waals surface area contributed by atoms with Crippen molar-refractivity contribution in [3.63, 3.8) is 0 Å². The molecule has 1 heteroatoms. The van der Waals surface area contributed by atoms with Gasteiger partial charge < -0.3 is 4.90 Å². The highest BCUT2D eigenvalue weighted by atomic mass is 15.0. The van der Waals surface area contributed by atoms with Crippen LogP contribution in [0.25, 0.3) is 0 Å². The molecule has 0 unspecified atom stereocenters. The molecule has 1 aromatic carbocycles. The van der Waals surface area contributed by atoms with Crippen LogP contribution in [-0.4, -0.2) is 19.0 Å². The van der Waals surface area contributed by atoms with Crippen molar-refractivity contribution >= 4 is 0 Å². The van der Waals surface area contributed by atoms with E-state index in [9.17, 15) is 0 Å². The van der Waals surface area contributed by atoms with E-state index in [0.717, 1.165) is 6.54 Å². The Labute approximate surface area is 122 Å². The fraction of sp³-hybridized carbons (Fsp3) is 0.667. The lowest BCUT2D eigenvalue weighted by Gasteiger charge is -2.14. The molecule has 1 aromatic rings. The van der Waals surface area contributed by atoms with Gasteiger partial charge in [0.2, 0.25) is 0 Å². The second-order valence-electron chi connectivity index (χ2n) is 5.32. The second-order valence-corrected chi connectivity index (χ2v) is 5.32. The monoisotopic (exact) mass is 265 g/mol. The minimum atomic E-state index is 1.04. The van der Waals surface area contributed by atoms with E-state index in [1.54, 1.807) is 0 Å². The van der Waals surface area contributed by atoms with Crippen molar-refractivity contribution in [2.75, 3.05) is 14.1 Å². The Kier molecular flexibility index (Phi) is 14.7. The summed E-state index contributed by atoms with van der Waals surface area (Å²) in [7, 11) is 4.21. The zero-order valence-electron chi connectivity index (χ0n) is 14.5. The summed E-state index contributed by atoms with van der Waals surface area (Å²) < 4.78 is 0. The average molecular weight is 265 g/mol. The van der Waals surface area contributed by atoms with Gasteiger partial charge in [-0.15, -0.1) is 0 Å². The lowest BCUT2D eigenvalue weighted by atomic mass is 10.0. The Bertz CT molecular complexity index is 280. The number of aryl methyl sites for hydroxylation is 2. The third-order valence-corrected chi connectivity index (χ3v) is 2.62. The van der Waals surface area contributed by atoms with Crippen LogP contribution in [0.3, 0.4) is 0 Å². The highest BCUT2D eigenvalue weighted by Crippen LogP contribution is 2.14. The summed E-state index contributed by atoms with van der Waals surface area (Å²) >= 11 is 0. The standard InChI is InChI=1S/C11H17N.C4H10.C3H8/c1-9-6-5-7-10(2)11(9)8-12(3)4;1-3-4-2;1-3-2/h5-7H,8H2,1-4H3;3-4H2,1-2H3;3H2,1-2H3. The summed E-state index contributed by atoms with van der Waals surface area (Å²) in [5.74, 6) is 0. The van der Waals surface area contributed by atoms with Crippen LogP contribution in [-0.2, 0) is 6.54 Å². The number of unbranched alkanes of at least 4 members (excludes halogenated alkanes) is 1. The molecule has 0 atom stereocenters. The van der Waals surface area contributed by atoms with E-state index in [0.29, 0.717) is 0 Å². The van der Waals surface area contributed by atoms with E-state index >= 15 is 0 Å². The quantitative estimate of drug-likeness (QED) is 0.689. The Morgan fingerprint density at radius 3 is 1.47 bits per heavy atom. The van der Waals surface area contributed by atoms with E-state index < -0.39 is 0 Å². The number of hydrogen-bond donors (Lipinski definition) is 0. The van der Waals surface area contributed by atoms with E-state index in [1.165, 1.54) is 36.0 Å². The number of nitrogens with zero attached hydrogens (tertiary/aromatic N) is 1. The molecule has 0 spiro atoms. The van der Waals surface area contributed by atoms with Crippen molar-refractivity contribution in [2.24, 2.45) is 0 Å². The number of benzene rings is 1. The summed E-state index contributed by atoms with van der Waals surface area (Å²) in [4.78, 5) is 2.20. The first kappa shape index (κ1) is 20.5. The normalized spacial score (nSPS) is 9.32. The van der Waals surface area contributed by atoms with Gasteiger partial charge in [-0.1, -0.05) is 65.2 Å². The van der Waals surface area contributed by atoms with E-state index in [4.69, 9.17) is 0 Å². The van der Waals surface area contributed by atoms with Gasteiger partial charge >= 0.3 is 0 Å². The molecule has 0 bridgehead atoms. The van der Waals surface area contributed by atoms with Crippen LogP contribution < -0.4 is 0 Å². The van der Waals surface area contributed by atoms with Gasteiger partial charge in [0.1, 0.15) is 0 Å². The first-order valence-corrected chi connectivity index (χ1v) is 7.64. The molecule has 1 nitrogen and oxygen atoms in total. The van der Waals surface area contributed by atoms with E-state index in [1.807, 2.05) is 0 Å². The van der Waals surface area contributed by atoms with Crippen LogP contribution in [0.5, 0.6) is 0 Å². The Morgan fingerprint density at radius 2 is 1.21 bits per heavy atom. The summed E-state index contributed by atoms with van der Waals surface area (Å²) in [6.45, 7) is 14.0. The Hall–Kier alpha value is -0.820. The topological polar surface area (TPSA) is 3.24 Å². The lowest BCUT2D eigenvalue weighted by Crippen LogP contribution is -2.12. The molecule has 112 valence electrons. The van der Waals surface area contributed by atoms with Gasteiger partial charge in [-0.2, -0.15) is 0 Å². The largest absolute Gasteiger partial charge is 0.305 e. The molecular weight excluding hydrogens is 230 g/mol. The van der Waals surface area contributed by atoms with Gasteiger partial charge in [0, 0.05) is 6.54 Å². The molecule has 0 aliphatic heterocycles. The van der Waals surface area contributed by atoms with Crippen LogP contribution in [0, 0.1) is 13.8 Å². The molecule has 0 radical (unpaired) electrons. The van der Waals surface area contributed by atoms with Crippen LogP contribution >= 0.6 is 0 Å². The summed E-state index contributed by atoms with van der Waals surface area (Å²) in [6.07, 6.45) is 3.89. The maximum Gasteiger partial charge on any atom is 0.0232 e. The van der Waals surface area contributed by atoms with Crippen LogP contribution in [0.15, 0.2) is 18.2 Å². The van der Waals surface area contributed by atoms with Crippen LogP contribution in [0.2, 0.25) is 0 Å².